The quantitative estimate of drug-likeness (QED) is 0.457. The minimum Gasteiger partial charge on any atom is -0.298 e. The SMILES string of the molecule is N=C(C1CCCCC1)n1ccc(C=O)cc1=N. The lowest BCUT2D eigenvalue weighted by atomic mass is 9.88. The Hall–Kier alpha value is -1.71. The van der Waals surface area contributed by atoms with Gasteiger partial charge in [0.15, 0.2) is 0 Å². The molecule has 17 heavy (non-hydrogen) atoms. The van der Waals surface area contributed by atoms with Crippen LogP contribution in [0.1, 0.15) is 42.5 Å². The van der Waals surface area contributed by atoms with Crippen molar-refractivity contribution in [3.8, 4) is 0 Å². The molecule has 90 valence electrons. The molecule has 0 saturated heterocycles. The molecule has 1 saturated carbocycles. The van der Waals surface area contributed by atoms with Gasteiger partial charge >= 0.3 is 0 Å². The van der Waals surface area contributed by atoms with Crippen molar-refractivity contribution in [2.75, 3.05) is 0 Å². The van der Waals surface area contributed by atoms with Gasteiger partial charge in [0.25, 0.3) is 0 Å². The van der Waals surface area contributed by atoms with Gasteiger partial charge in [-0.05, 0) is 25.0 Å². The van der Waals surface area contributed by atoms with Crippen LogP contribution in [0.15, 0.2) is 18.3 Å². The first kappa shape index (κ1) is 11.8. The molecule has 1 aliphatic rings. The molecule has 0 atom stereocenters. The summed E-state index contributed by atoms with van der Waals surface area (Å²) in [7, 11) is 0. The molecule has 2 N–H and O–H groups in total. The van der Waals surface area contributed by atoms with Gasteiger partial charge in [-0.25, -0.2) is 0 Å². The van der Waals surface area contributed by atoms with Crippen molar-refractivity contribution in [2.24, 2.45) is 5.92 Å². The lowest BCUT2D eigenvalue weighted by Crippen LogP contribution is -2.32. The molecule has 0 aliphatic heterocycles. The highest BCUT2D eigenvalue weighted by Crippen LogP contribution is 2.24. The Morgan fingerprint density at radius 2 is 2.06 bits per heavy atom. The van der Waals surface area contributed by atoms with Gasteiger partial charge < -0.3 is 0 Å². The van der Waals surface area contributed by atoms with Crippen molar-refractivity contribution in [3.63, 3.8) is 0 Å². The molecule has 0 unspecified atom stereocenters. The molecule has 0 bridgehead atoms. The predicted molar refractivity (Wildman–Crippen MR) is 65.4 cm³/mol. The van der Waals surface area contributed by atoms with Crippen molar-refractivity contribution in [3.05, 3.63) is 29.4 Å². The van der Waals surface area contributed by atoms with Crippen molar-refractivity contribution < 1.29 is 4.79 Å². The minimum absolute atomic E-state index is 0.213. The van der Waals surface area contributed by atoms with E-state index in [1.807, 2.05) is 0 Å². The van der Waals surface area contributed by atoms with E-state index < -0.39 is 0 Å². The van der Waals surface area contributed by atoms with E-state index in [0.29, 0.717) is 11.4 Å². The molecule has 0 amide bonds. The van der Waals surface area contributed by atoms with E-state index in [0.717, 1.165) is 19.1 Å². The van der Waals surface area contributed by atoms with Crippen molar-refractivity contribution >= 4 is 12.1 Å². The van der Waals surface area contributed by atoms with Crippen LogP contribution in [-0.4, -0.2) is 16.7 Å². The fourth-order valence-electron chi connectivity index (χ4n) is 2.37. The average Bonchev–Trinajstić information content (AvgIpc) is 2.39. The van der Waals surface area contributed by atoms with Crippen LogP contribution in [0.2, 0.25) is 0 Å². The maximum atomic E-state index is 10.6. The van der Waals surface area contributed by atoms with Gasteiger partial charge in [-0.3, -0.25) is 20.2 Å². The molecular formula is C13H17N3O. The number of pyridine rings is 1. The molecule has 0 radical (unpaired) electrons. The first-order valence-electron chi connectivity index (χ1n) is 6.03. The van der Waals surface area contributed by atoms with Gasteiger partial charge in [-0.2, -0.15) is 0 Å². The molecule has 1 heterocycles. The highest BCUT2D eigenvalue weighted by atomic mass is 16.1. The summed E-state index contributed by atoms with van der Waals surface area (Å²) < 4.78 is 1.57. The monoisotopic (exact) mass is 231 g/mol. The lowest BCUT2D eigenvalue weighted by Gasteiger charge is -2.23. The van der Waals surface area contributed by atoms with Gasteiger partial charge in [-0.15, -0.1) is 0 Å². The molecule has 0 spiro atoms. The topological polar surface area (TPSA) is 69.7 Å². The third kappa shape index (κ3) is 2.52. The fraction of sp³-hybridized carbons (Fsp3) is 0.462. The largest absolute Gasteiger partial charge is 0.298 e. The van der Waals surface area contributed by atoms with E-state index >= 15 is 0 Å². The highest BCUT2D eigenvalue weighted by Gasteiger charge is 2.19. The summed E-state index contributed by atoms with van der Waals surface area (Å²) >= 11 is 0. The minimum atomic E-state index is 0.213. The predicted octanol–water partition coefficient (Wildman–Crippen LogP) is 2.19. The molecule has 4 heteroatoms. The van der Waals surface area contributed by atoms with Gasteiger partial charge in [0.1, 0.15) is 17.6 Å². The third-order valence-electron chi connectivity index (χ3n) is 3.37. The van der Waals surface area contributed by atoms with Crippen LogP contribution < -0.4 is 5.49 Å². The van der Waals surface area contributed by atoms with Crippen molar-refractivity contribution in [1.82, 2.24) is 4.57 Å². The van der Waals surface area contributed by atoms with E-state index in [2.05, 4.69) is 0 Å². The summed E-state index contributed by atoms with van der Waals surface area (Å²) in [4.78, 5) is 10.6. The molecular weight excluding hydrogens is 214 g/mol. The van der Waals surface area contributed by atoms with Crippen LogP contribution in [0.5, 0.6) is 0 Å². The third-order valence-corrected chi connectivity index (χ3v) is 3.37. The Kier molecular flexibility index (Phi) is 3.52. The normalized spacial score (nSPS) is 16.7. The highest BCUT2D eigenvalue weighted by molar-refractivity contribution is 5.84. The molecule has 1 aromatic heterocycles. The summed E-state index contributed by atoms with van der Waals surface area (Å²) in [6.45, 7) is 0. The number of carbonyl (C=O) groups excluding carboxylic acids is 1. The number of aldehydes is 1. The smallest absolute Gasteiger partial charge is 0.150 e. The van der Waals surface area contributed by atoms with Gasteiger partial charge in [0.05, 0.1) is 0 Å². The zero-order chi connectivity index (χ0) is 12.3. The number of nitrogens with one attached hydrogen (secondary N) is 2. The second-order valence-corrected chi connectivity index (χ2v) is 4.55. The van der Waals surface area contributed by atoms with E-state index in [-0.39, 0.29) is 11.4 Å². The van der Waals surface area contributed by atoms with Crippen molar-refractivity contribution in [1.29, 1.82) is 10.8 Å². The number of aromatic nitrogens is 1. The van der Waals surface area contributed by atoms with Crippen LogP contribution in [0.3, 0.4) is 0 Å². The number of hydrogen-bond donors (Lipinski definition) is 2. The van der Waals surface area contributed by atoms with E-state index in [4.69, 9.17) is 10.8 Å². The Bertz CT molecular complexity index is 484. The maximum Gasteiger partial charge on any atom is 0.150 e. The molecule has 1 aromatic rings. The van der Waals surface area contributed by atoms with Crippen LogP contribution in [0.25, 0.3) is 0 Å². The van der Waals surface area contributed by atoms with E-state index in [1.54, 1.807) is 16.8 Å². The number of nitrogens with zero attached hydrogens (tertiary/aromatic N) is 1. The first-order chi connectivity index (χ1) is 8.22. The van der Waals surface area contributed by atoms with E-state index in [9.17, 15) is 4.79 Å². The number of hydrogen-bond acceptors (Lipinski definition) is 3. The number of carbonyl (C=O) groups is 1. The van der Waals surface area contributed by atoms with Crippen molar-refractivity contribution in [2.45, 2.75) is 32.1 Å². The Labute approximate surface area is 100 Å². The van der Waals surface area contributed by atoms with Crippen LogP contribution in [-0.2, 0) is 0 Å². The maximum absolute atomic E-state index is 10.6. The van der Waals surface area contributed by atoms with Crippen LogP contribution >= 0.6 is 0 Å². The molecule has 2 rings (SSSR count). The van der Waals surface area contributed by atoms with E-state index in [1.165, 1.54) is 25.3 Å². The second-order valence-electron chi connectivity index (χ2n) is 4.55. The summed E-state index contributed by atoms with van der Waals surface area (Å²) in [5, 5.41) is 16.0. The zero-order valence-electron chi connectivity index (χ0n) is 9.78. The Balaban J connectivity index is 2.24. The summed E-state index contributed by atoms with van der Waals surface area (Å²) in [6.07, 6.45) is 8.07. The fourth-order valence-corrected chi connectivity index (χ4v) is 2.37. The standard InChI is InChI=1S/C13H17N3O/c14-12-8-10(9-17)6-7-16(12)13(15)11-4-2-1-3-5-11/h6-9,11,14-15H,1-5H2. The van der Waals surface area contributed by atoms with Gasteiger partial charge in [0, 0.05) is 17.7 Å². The van der Waals surface area contributed by atoms with Crippen LogP contribution in [0.4, 0.5) is 0 Å². The summed E-state index contributed by atoms with van der Waals surface area (Å²) in [5.41, 5.74) is 0.702. The average molecular weight is 231 g/mol. The summed E-state index contributed by atoms with van der Waals surface area (Å²) in [5.74, 6) is 0.757. The van der Waals surface area contributed by atoms with Crippen LogP contribution in [0, 0.1) is 16.7 Å². The Morgan fingerprint density at radius 1 is 1.35 bits per heavy atom. The second kappa shape index (κ2) is 5.08. The molecule has 0 aromatic carbocycles. The molecule has 1 aliphatic carbocycles. The summed E-state index contributed by atoms with van der Waals surface area (Å²) in [6, 6.07) is 3.16. The zero-order valence-corrected chi connectivity index (χ0v) is 9.78. The lowest BCUT2D eigenvalue weighted by molar-refractivity contribution is 0.112. The van der Waals surface area contributed by atoms with Gasteiger partial charge in [0.2, 0.25) is 0 Å². The molecule has 1 fully saturated rings. The Morgan fingerprint density at radius 3 is 2.65 bits per heavy atom. The first-order valence-corrected chi connectivity index (χ1v) is 6.03. The van der Waals surface area contributed by atoms with Gasteiger partial charge in [-0.1, -0.05) is 19.3 Å². The number of rotatable bonds is 2. The molecule has 4 nitrogen and oxygen atoms in total.